The summed E-state index contributed by atoms with van der Waals surface area (Å²) in [7, 11) is 0. The average Bonchev–Trinajstić information content (AvgIpc) is 2.57. The molecule has 0 radical (unpaired) electrons. The van der Waals surface area contributed by atoms with E-state index in [0.717, 1.165) is 23.0 Å². The molecule has 0 saturated heterocycles. The fourth-order valence-corrected chi connectivity index (χ4v) is 3.22. The van der Waals surface area contributed by atoms with Gasteiger partial charge in [0.25, 0.3) is 0 Å². The Balaban J connectivity index is 1.78. The second-order valence-corrected chi connectivity index (χ2v) is 6.80. The minimum absolute atomic E-state index is 0.136. The first-order valence-electron chi connectivity index (χ1n) is 9.34. The zero-order valence-electron chi connectivity index (χ0n) is 14.7. The number of hydrogen-bond donors (Lipinski definition) is 1. The molecule has 0 bridgehead atoms. The zero-order valence-corrected chi connectivity index (χ0v) is 14.7. The Morgan fingerprint density at radius 1 is 0.957 bits per heavy atom. The maximum atomic E-state index is 12.2. The molecule has 2 aromatic rings. The van der Waals surface area contributed by atoms with Gasteiger partial charge in [0, 0.05) is 22.7 Å². The van der Waals surface area contributed by atoms with Crippen molar-refractivity contribution in [3.05, 3.63) is 46.2 Å². The molecule has 2 nitrogen and oxygen atoms in total. The van der Waals surface area contributed by atoms with Gasteiger partial charge in [0.2, 0.25) is 0 Å². The van der Waals surface area contributed by atoms with E-state index in [1.807, 2.05) is 24.3 Å². The van der Waals surface area contributed by atoms with Gasteiger partial charge < -0.3 is 4.98 Å². The second kappa shape index (κ2) is 9.54. The lowest BCUT2D eigenvalue weighted by Crippen LogP contribution is -2.07. The lowest BCUT2D eigenvalue weighted by molar-refractivity contribution is 0.540. The van der Waals surface area contributed by atoms with Crippen LogP contribution in [-0.4, -0.2) is 4.98 Å². The molecule has 1 N–H and O–H groups in total. The largest absolute Gasteiger partial charge is 0.358 e. The van der Waals surface area contributed by atoms with Gasteiger partial charge >= 0.3 is 0 Å². The van der Waals surface area contributed by atoms with Gasteiger partial charge in [0.15, 0.2) is 5.43 Å². The van der Waals surface area contributed by atoms with Crippen LogP contribution in [0.3, 0.4) is 0 Å². The summed E-state index contributed by atoms with van der Waals surface area (Å²) in [5.74, 6) is 0.424. The third-order valence-electron chi connectivity index (χ3n) is 4.78. The molecule has 1 aromatic carbocycles. The molecular weight excluding hydrogens is 282 g/mol. The van der Waals surface area contributed by atoms with E-state index in [4.69, 9.17) is 0 Å². The van der Waals surface area contributed by atoms with Crippen LogP contribution in [0.2, 0.25) is 0 Å². The molecule has 0 aliphatic heterocycles. The number of hydrogen-bond acceptors (Lipinski definition) is 1. The molecular formula is C21H31NO. The van der Waals surface area contributed by atoms with E-state index in [0.29, 0.717) is 5.92 Å². The molecule has 0 aliphatic carbocycles. The number of unbranched alkanes of at least 4 members (excludes halogenated alkanes) is 7. The van der Waals surface area contributed by atoms with Crippen LogP contribution in [0, 0.1) is 0 Å². The molecule has 0 aliphatic rings. The van der Waals surface area contributed by atoms with Crippen molar-refractivity contribution in [2.24, 2.45) is 0 Å². The Morgan fingerprint density at radius 2 is 1.61 bits per heavy atom. The Bertz CT molecular complexity index is 644. The predicted octanol–water partition coefficient (Wildman–Crippen LogP) is 6.16. The molecule has 23 heavy (non-hydrogen) atoms. The number of benzene rings is 1. The number of nitrogens with one attached hydrogen (secondary N) is 1. The van der Waals surface area contributed by atoms with E-state index in [1.165, 1.54) is 51.4 Å². The van der Waals surface area contributed by atoms with Crippen molar-refractivity contribution in [2.45, 2.75) is 77.6 Å². The van der Waals surface area contributed by atoms with E-state index in [-0.39, 0.29) is 5.43 Å². The van der Waals surface area contributed by atoms with Crippen LogP contribution in [0.25, 0.3) is 10.9 Å². The van der Waals surface area contributed by atoms with Crippen LogP contribution in [0.4, 0.5) is 0 Å². The Hall–Kier alpha value is -1.57. The van der Waals surface area contributed by atoms with Gasteiger partial charge in [0.05, 0.1) is 0 Å². The first-order chi connectivity index (χ1) is 11.2. The van der Waals surface area contributed by atoms with Gasteiger partial charge in [-0.1, -0.05) is 77.3 Å². The second-order valence-electron chi connectivity index (χ2n) is 6.80. The maximum absolute atomic E-state index is 12.2. The number of para-hydroxylation sites is 1. The van der Waals surface area contributed by atoms with Gasteiger partial charge in [-0.05, 0) is 24.5 Å². The van der Waals surface area contributed by atoms with Crippen molar-refractivity contribution in [1.29, 1.82) is 0 Å². The monoisotopic (exact) mass is 313 g/mol. The van der Waals surface area contributed by atoms with Crippen LogP contribution in [0.1, 0.15) is 83.2 Å². The van der Waals surface area contributed by atoms with E-state index in [2.05, 4.69) is 18.8 Å². The number of fused-ring (bicyclic) bond motifs is 1. The van der Waals surface area contributed by atoms with Gasteiger partial charge in [-0.2, -0.15) is 0 Å². The summed E-state index contributed by atoms with van der Waals surface area (Å²) in [4.78, 5) is 15.6. The summed E-state index contributed by atoms with van der Waals surface area (Å²) in [5.41, 5.74) is 2.17. The highest BCUT2D eigenvalue weighted by atomic mass is 16.1. The van der Waals surface area contributed by atoms with E-state index < -0.39 is 0 Å². The number of rotatable bonds is 10. The van der Waals surface area contributed by atoms with Crippen LogP contribution < -0.4 is 5.43 Å². The molecule has 1 aromatic heterocycles. The van der Waals surface area contributed by atoms with Crippen LogP contribution in [0.5, 0.6) is 0 Å². The van der Waals surface area contributed by atoms with E-state index in [9.17, 15) is 4.79 Å². The molecule has 2 rings (SSSR count). The summed E-state index contributed by atoms with van der Waals surface area (Å²) in [6, 6.07) is 9.56. The summed E-state index contributed by atoms with van der Waals surface area (Å²) >= 11 is 0. The standard InChI is InChI=1S/C21H31NO/c1-3-4-5-6-7-8-9-10-13-17(2)20-16-21(23)18-14-11-12-15-19(18)22-20/h11-12,14-17H,3-10,13H2,1-2H3,(H,22,23). The number of H-pyrrole nitrogens is 1. The summed E-state index contributed by atoms with van der Waals surface area (Å²) in [5, 5.41) is 0.788. The number of aromatic amines is 1. The zero-order chi connectivity index (χ0) is 16.5. The molecule has 1 unspecified atom stereocenters. The van der Waals surface area contributed by atoms with Crippen molar-refractivity contribution in [3.8, 4) is 0 Å². The lowest BCUT2D eigenvalue weighted by atomic mass is 9.97. The molecule has 126 valence electrons. The summed E-state index contributed by atoms with van der Waals surface area (Å²) in [6.07, 6.45) is 11.9. The fraction of sp³-hybridized carbons (Fsp3) is 0.571. The van der Waals surface area contributed by atoms with Crippen LogP contribution in [-0.2, 0) is 0 Å². The third kappa shape index (κ3) is 5.53. The molecule has 2 heteroatoms. The van der Waals surface area contributed by atoms with Crippen LogP contribution >= 0.6 is 0 Å². The minimum Gasteiger partial charge on any atom is -0.358 e. The Morgan fingerprint density at radius 3 is 2.35 bits per heavy atom. The van der Waals surface area contributed by atoms with Gasteiger partial charge in [0.1, 0.15) is 0 Å². The molecule has 0 spiro atoms. The van der Waals surface area contributed by atoms with E-state index in [1.54, 1.807) is 6.07 Å². The van der Waals surface area contributed by atoms with Crippen LogP contribution in [0.15, 0.2) is 35.1 Å². The van der Waals surface area contributed by atoms with E-state index >= 15 is 0 Å². The molecule has 1 heterocycles. The first kappa shape index (κ1) is 17.8. The third-order valence-corrected chi connectivity index (χ3v) is 4.78. The first-order valence-corrected chi connectivity index (χ1v) is 9.34. The molecule has 0 fully saturated rings. The highest BCUT2D eigenvalue weighted by Crippen LogP contribution is 2.21. The highest BCUT2D eigenvalue weighted by Gasteiger charge is 2.08. The van der Waals surface area contributed by atoms with Crippen molar-refractivity contribution >= 4 is 10.9 Å². The number of aromatic nitrogens is 1. The minimum atomic E-state index is 0.136. The van der Waals surface area contributed by atoms with Crippen molar-refractivity contribution < 1.29 is 0 Å². The van der Waals surface area contributed by atoms with Crippen molar-refractivity contribution in [3.63, 3.8) is 0 Å². The average molecular weight is 313 g/mol. The Kier molecular flexibility index (Phi) is 7.38. The molecule has 0 saturated carbocycles. The fourth-order valence-electron chi connectivity index (χ4n) is 3.22. The molecule has 0 amide bonds. The summed E-state index contributed by atoms with van der Waals surface area (Å²) in [6.45, 7) is 4.49. The molecule has 1 atom stereocenters. The van der Waals surface area contributed by atoms with Gasteiger partial charge in [-0.3, -0.25) is 4.79 Å². The quantitative estimate of drug-likeness (QED) is 0.523. The normalized spacial score (nSPS) is 12.6. The SMILES string of the molecule is CCCCCCCCCCC(C)c1cc(=O)c2ccccc2[nH]1. The highest BCUT2D eigenvalue weighted by molar-refractivity contribution is 5.78. The summed E-state index contributed by atoms with van der Waals surface area (Å²) < 4.78 is 0. The van der Waals surface area contributed by atoms with Crippen molar-refractivity contribution in [2.75, 3.05) is 0 Å². The smallest absolute Gasteiger partial charge is 0.189 e. The topological polar surface area (TPSA) is 32.9 Å². The Labute approximate surface area is 140 Å². The van der Waals surface area contributed by atoms with Gasteiger partial charge in [-0.25, -0.2) is 0 Å². The van der Waals surface area contributed by atoms with Gasteiger partial charge in [-0.15, -0.1) is 0 Å². The predicted molar refractivity (Wildman–Crippen MR) is 100 cm³/mol. The lowest BCUT2D eigenvalue weighted by Gasteiger charge is -2.12. The number of pyridine rings is 1. The van der Waals surface area contributed by atoms with Crippen molar-refractivity contribution in [1.82, 2.24) is 4.98 Å². The maximum Gasteiger partial charge on any atom is 0.189 e.